The summed E-state index contributed by atoms with van der Waals surface area (Å²) in [5.41, 5.74) is 2.42. The molecular formula is C21H25N5O3S. The van der Waals surface area contributed by atoms with Crippen LogP contribution in [-0.2, 0) is 23.1 Å². The first-order valence-corrected chi connectivity index (χ1v) is 11.2. The number of sulfonamides is 1. The Hall–Kier alpha value is -3.04. The summed E-state index contributed by atoms with van der Waals surface area (Å²) >= 11 is 0. The van der Waals surface area contributed by atoms with Gasteiger partial charge in [0.05, 0.1) is 11.4 Å². The molecule has 0 radical (unpaired) electrons. The third-order valence-corrected chi connectivity index (χ3v) is 6.78. The standard InChI is InChI=1S/C21H25N5O3S/c1-3-26(4-2)30(28,29)20-10-8-19(9-11-20)21(27)23-13-17-6-5-7-18(12-17)14-25-16-22-15-24-25/h5-12,15-16H,3-4,13-14H2,1-2H3,(H,23,27). The first kappa shape index (κ1) is 21.7. The van der Waals surface area contributed by atoms with Crippen LogP contribution in [0.15, 0.2) is 66.1 Å². The number of benzene rings is 2. The molecule has 0 fully saturated rings. The highest BCUT2D eigenvalue weighted by molar-refractivity contribution is 7.89. The number of amides is 1. The number of rotatable bonds is 9. The quantitative estimate of drug-likeness (QED) is 0.565. The summed E-state index contributed by atoms with van der Waals surface area (Å²) in [5.74, 6) is -0.261. The van der Waals surface area contributed by atoms with Crippen LogP contribution < -0.4 is 5.32 Å². The van der Waals surface area contributed by atoms with Gasteiger partial charge in [0, 0.05) is 25.2 Å². The lowest BCUT2D eigenvalue weighted by atomic mass is 10.1. The first-order valence-electron chi connectivity index (χ1n) is 9.72. The van der Waals surface area contributed by atoms with Crippen molar-refractivity contribution in [2.24, 2.45) is 0 Å². The van der Waals surface area contributed by atoms with E-state index in [2.05, 4.69) is 15.4 Å². The molecule has 1 aromatic heterocycles. The monoisotopic (exact) mass is 427 g/mol. The van der Waals surface area contributed by atoms with E-state index < -0.39 is 10.0 Å². The lowest BCUT2D eigenvalue weighted by Gasteiger charge is -2.18. The minimum atomic E-state index is -3.54. The summed E-state index contributed by atoms with van der Waals surface area (Å²) in [6.07, 6.45) is 3.14. The number of nitrogens with one attached hydrogen (secondary N) is 1. The van der Waals surface area contributed by atoms with Gasteiger partial charge >= 0.3 is 0 Å². The average Bonchev–Trinajstić information content (AvgIpc) is 3.26. The predicted molar refractivity (Wildman–Crippen MR) is 113 cm³/mol. The van der Waals surface area contributed by atoms with E-state index in [0.29, 0.717) is 31.7 Å². The van der Waals surface area contributed by atoms with Crippen molar-refractivity contribution in [2.45, 2.75) is 31.8 Å². The van der Waals surface area contributed by atoms with Crippen molar-refractivity contribution in [3.8, 4) is 0 Å². The van der Waals surface area contributed by atoms with Crippen molar-refractivity contribution >= 4 is 15.9 Å². The summed E-state index contributed by atoms with van der Waals surface area (Å²) in [4.78, 5) is 16.6. The van der Waals surface area contributed by atoms with Crippen LogP contribution in [0.2, 0.25) is 0 Å². The van der Waals surface area contributed by atoms with Crippen LogP contribution in [0.25, 0.3) is 0 Å². The van der Waals surface area contributed by atoms with Crippen LogP contribution in [0.5, 0.6) is 0 Å². The zero-order valence-electron chi connectivity index (χ0n) is 17.0. The molecule has 9 heteroatoms. The van der Waals surface area contributed by atoms with Gasteiger partial charge in [-0.1, -0.05) is 38.1 Å². The van der Waals surface area contributed by atoms with Gasteiger partial charge in [0.1, 0.15) is 12.7 Å². The molecule has 0 spiro atoms. The van der Waals surface area contributed by atoms with Gasteiger partial charge in [0.15, 0.2) is 0 Å². The molecule has 0 aliphatic heterocycles. The van der Waals surface area contributed by atoms with E-state index in [-0.39, 0.29) is 10.8 Å². The second kappa shape index (κ2) is 9.64. The Labute approximate surface area is 176 Å². The molecule has 3 aromatic rings. The molecule has 3 rings (SSSR count). The van der Waals surface area contributed by atoms with Gasteiger partial charge in [0.25, 0.3) is 5.91 Å². The van der Waals surface area contributed by atoms with Gasteiger partial charge in [-0.05, 0) is 35.4 Å². The molecule has 1 heterocycles. The fourth-order valence-electron chi connectivity index (χ4n) is 3.11. The van der Waals surface area contributed by atoms with Crippen molar-refractivity contribution in [1.82, 2.24) is 24.4 Å². The maximum Gasteiger partial charge on any atom is 0.251 e. The molecule has 0 aliphatic rings. The molecule has 1 amide bonds. The fourth-order valence-corrected chi connectivity index (χ4v) is 4.57. The first-order chi connectivity index (χ1) is 14.4. The summed E-state index contributed by atoms with van der Waals surface area (Å²) in [7, 11) is -3.54. The highest BCUT2D eigenvalue weighted by Crippen LogP contribution is 2.16. The Morgan fingerprint density at radius 1 is 1.07 bits per heavy atom. The molecule has 0 saturated heterocycles. The van der Waals surface area contributed by atoms with E-state index in [1.807, 2.05) is 24.3 Å². The topological polar surface area (TPSA) is 97.2 Å². The number of carbonyl (C=O) groups excluding carboxylic acids is 1. The number of aromatic nitrogens is 3. The Balaban J connectivity index is 1.63. The molecule has 0 saturated carbocycles. The molecular weight excluding hydrogens is 402 g/mol. The Kier molecular flexibility index (Phi) is 6.96. The molecule has 2 aromatic carbocycles. The number of nitrogens with zero attached hydrogens (tertiary/aromatic N) is 4. The van der Waals surface area contributed by atoms with Crippen LogP contribution in [0.4, 0.5) is 0 Å². The largest absolute Gasteiger partial charge is 0.348 e. The van der Waals surface area contributed by atoms with E-state index in [4.69, 9.17) is 0 Å². The van der Waals surface area contributed by atoms with E-state index >= 15 is 0 Å². The molecule has 0 aliphatic carbocycles. The highest BCUT2D eigenvalue weighted by atomic mass is 32.2. The van der Waals surface area contributed by atoms with Gasteiger partial charge < -0.3 is 5.32 Å². The van der Waals surface area contributed by atoms with Crippen LogP contribution >= 0.6 is 0 Å². The van der Waals surface area contributed by atoms with Crippen molar-refractivity contribution < 1.29 is 13.2 Å². The fraction of sp³-hybridized carbons (Fsp3) is 0.286. The van der Waals surface area contributed by atoms with Gasteiger partial charge in [-0.25, -0.2) is 18.1 Å². The summed E-state index contributed by atoms with van der Waals surface area (Å²) in [5, 5.41) is 6.96. The maximum atomic E-state index is 12.5. The number of hydrogen-bond donors (Lipinski definition) is 1. The van der Waals surface area contributed by atoms with Crippen molar-refractivity contribution in [1.29, 1.82) is 0 Å². The zero-order valence-corrected chi connectivity index (χ0v) is 17.8. The third-order valence-electron chi connectivity index (χ3n) is 4.72. The van der Waals surface area contributed by atoms with Crippen molar-refractivity contribution in [3.63, 3.8) is 0 Å². The summed E-state index contributed by atoms with van der Waals surface area (Å²) in [6.45, 7) is 5.36. The second-order valence-electron chi connectivity index (χ2n) is 6.71. The minimum absolute atomic E-state index is 0.184. The van der Waals surface area contributed by atoms with Crippen LogP contribution in [-0.4, -0.2) is 46.5 Å². The molecule has 0 bridgehead atoms. The van der Waals surface area contributed by atoms with Gasteiger partial charge in [-0.3, -0.25) is 4.79 Å². The molecule has 0 atom stereocenters. The van der Waals surface area contributed by atoms with Crippen LogP contribution in [0.1, 0.15) is 35.3 Å². The van der Waals surface area contributed by atoms with E-state index in [1.54, 1.807) is 24.9 Å². The van der Waals surface area contributed by atoms with E-state index in [0.717, 1.165) is 11.1 Å². The number of carbonyl (C=O) groups is 1. The Bertz CT molecular complexity index is 1080. The number of hydrogen-bond acceptors (Lipinski definition) is 5. The zero-order chi connectivity index (χ0) is 21.6. The van der Waals surface area contributed by atoms with Crippen LogP contribution in [0.3, 0.4) is 0 Å². The summed E-state index contributed by atoms with van der Waals surface area (Å²) in [6, 6.07) is 13.9. The lowest BCUT2D eigenvalue weighted by Crippen LogP contribution is -2.30. The normalized spacial score (nSPS) is 11.6. The molecule has 30 heavy (non-hydrogen) atoms. The maximum absolute atomic E-state index is 12.5. The second-order valence-corrected chi connectivity index (χ2v) is 8.65. The smallest absolute Gasteiger partial charge is 0.251 e. The summed E-state index contributed by atoms with van der Waals surface area (Å²) < 4.78 is 28.2. The van der Waals surface area contributed by atoms with Gasteiger partial charge in [0.2, 0.25) is 10.0 Å². The predicted octanol–water partition coefficient (Wildman–Crippen LogP) is 2.29. The minimum Gasteiger partial charge on any atom is -0.348 e. The van der Waals surface area contributed by atoms with Crippen molar-refractivity contribution in [2.75, 3.05) is 13.1 Å². The average molecular weight is 428 g/mol. The van der Waals surface area contributed by atoms with Gasteiger partial charge in [-0.2, -0.15) is 9.40 Å². The Morgan fingerprint density at radius 3 is 2.40 bits per heavy atom. The van der Waals surface area contributed by atoms with E-state index in [1.165, 1.54) is 34.9 Å². The van der Waals surface area contributed by atoms with Crippen molar-refractivity contribution in [3.05, 3.63) is 77.9 Å². The molecule has 1 N–H and O–H groups in total. The van der Waals surface area contributed by atoms with Crippen LogP contribution in [0, 0.1) is 0 Å². The molecule has 8 nitrogen and oxygen atoms in total. The highest BCUT2D eigenvalue weighted by Gasteiger charge is 2.21. The Morgan fingerprint density at radius 2 is 1.77 bits per heavy atom. The lowest BCUT2D eigenvalue weighted by molar-refractivity contribution is 0.0951. The molecule has 0 unspecified atom stereocenters. The van der Waals surface area contributed by atoms with E-state index in [9.17, 15) is 13.2 Å². The van der Waals surface area contributed by atoms with Gasteiger partial charge in [-0.15, -0.1) is 0 Å². The molecule has 158 valence electrons. The third kappa shape index (κ3) is 5.11. The SMILES string of the molecule is CCN(CC)S(=O)(=O)c1ccc(C(=O)NCc2cccc(Cn3cncn3)c2)cc1.